The van der Waals surface area contributed by atoms with Gasteiger partial charge in [0.15, 0.2) is 11.0 Å². The minimum Gasteiger partial charge on any atom is -0.497 e. The molecule has 0 spiro atoms. The zero-order valence-corrected chi connectivity index (χ0v) is 20.8. The monoisotopic (exact) mass is 488 g/mol. The highest BCUT2D eigenvalue weighted by Gasteiger charge is 2.20. The standard InChI is InChI=1S/C27H28N4O3S/c1-4-31-25(21-10-14-23(33-3)15-11-21)29-30-27(31)35-19(2)26(32)28-22-12-16-24(17-13-22)34-18-20-8-6-5-7-9-20/h5-17,19H,4,18H2,1-3H3,(H,28,32). The number of nitrogens with zero attached hydrogens (tertiary/aromatic N) is 3. The third-order valence-electron chi connectivity index (χ3n) is 5.40. The molecule has 0 saturated carbocycles. The van der Waals surface area contributed by atoms with Crippen LogP contribution in [0.3, 0.4) is 0 Å². The van der Waals surface area contributed by atoms with Gasteiger partial charge in [0, 0.05) is 17.8 Å². The van der Waals surface area contributed by atoms with Gasteiger partial charge in [0.2, 0.25) is 5.91 Å². The van der Waals surface area contributed by atoms with Crippen LogP contribution < -0.4 is 14.8 Å². The summed E-state index contributed by atoms with van der Waals surface area (Å²) in [5.41, 5.74) is 2.76. The lowest BCUT2D eigenvalue weighted by molar-refractivity contribution is -0.115. The maximum absolute atomic E-state index is 12.8. The van der Waals surface area contributed by atoms with Gasteiger partial charge in [-0.1, -0.05) is 42.1 Å². The van der Waals surface area contributed by atoms with Gasteiger partial charge >= 0.3 is 0 Å². The van der Waals surface area contributed by atoms with Gasteiger partial charge in [-0.2, -0.15) is 0 Å². The fraction of sp³-hybridized carbons (Fsp3) is 0.222. The predicted molar refractivity (Wildman–Crippen MR) is 139 cm³/mol. The molecule has 35 heavy (non-hydrogen) atoms. The van der Waals surface area contributed by atoms with E-state index in [1.807, 2.05) is 97.3 Å². The molecule has 8 heteroatoms. The van der Waals surface area contributed by atoms with Crippen molar-refractivity contribution in [3.05, 3.63) is 84.4 Å². The molecule has 1 atom stereocenters. The van der Waals surface area contributed by atoms with Crippen LogP contribution in [0.4, 0.5) is 5.69 Å². The minimum absolute atomic E-state index is 0.107. The van der Waals surface area contributed by atoms with Crippen LogP contribution in [0.1, 0.15) is 19.4 Å². The molecular formula is C27H28N4O3S. The van der Waals surface area contributed by atoms with Crippen molar-refractivity contribution < 1.29 is 14.3 Å². The summed E-state index contributed by atoms with van der Waals surface area (Å²) in [7, 11) is 1.64. The molecular weight excluding hydrogens is 460 g/mol. The molecule has 1 N–H and O–H groups in total. The third-order valence-corrected chi connectivity index (χ3v) is 6.48. The van der Waals surface area contributed by atoms with Gasteiger partial charge in [0.1, 0.15) is 18.1 Å². The Morgan fingerprint density at radius 2 is 1.66 bits per heavy atom. The van der Waals surface area contributed by atoms with Gasteiger partial charge in [-0.05, 0) is 67.9 Å². The Morgan fingerprint density at radius 3 is 2.31 bits per heavy atom. The van der Waals surface area contributed by atoms with Crippen molar-refractivity contribution in [2.75, 3.05) is 12.4 Å². The maximum Gasteiger partial charge on any atom is 0.237 e. The zero-order valence-electron chi connectivity index (χ0n) is 20.0. The molecule has 0 aliphatic carbocycles. The molecule has 0 aliphatic heterocycles. The molecule has 0 bridgehead atoms. The van der Waals surface area contributed by atoms with E-state index in [9.17, 15) is 4.79 Å². The van der Waals surface area contributed by atoms with E-state index in [4.69, 9.17) is 9.47 Å². The second-order valence-electron chi connectivity index (χ2n) is 7.83. The number of ether oxygens (including phenoxy) is 2. The van der Waals surface area contributed by atoms with Crippen LogP contribution in [-0.2, 0) is 17.9 Å². The summed E-state index contributed by atoms with van der Waals surface area (Å²) in [5.74, 6) is 2.18. The second kappa shape index (κ2) is 11.6. The first-order valence-electron chi connectivity index (χ1n) is 11.4. The summed E-state index contributed by atoms with van der Waals surface area (Å²) in [6, 6.07) is 25.1. The number of rotatable bonds is 10. The number of nitrogens with one attached hydrogen (secondary N) is 1. The molecule has 1 heterocycles. The molecule has 0 fully saturated rings. The van der Waals surface area contributed by atoms with Gasteiger partial charge in [0.25, 0.3) is 0 Å². The summed E-state index contributed by atoms with van der Waals surface area (Å²) in [6.45, 7) is 5.08. The smallest absolute Gasteiger partial charge is 0.237 e. The minimum atomic E-state index is -0.359. The van der Waals surface area contributed by atoms with E-state index in [-0.39, 0.29) is 11.2 Å². The molecule has 0 aliphatic rings. The number of carbonyl (C=O) groups is 1. The molecule has 1 amide bonds. The van der Waals surface area contributed by atoms with Crippen molar-refractivity contribution in [2.24, 2.45) is 0 Å². The van der Waals surface area contributed by atoms with Crippen molar-refractivity contribution in [3.8, 4) is 22.9 Å². The average molecular weight is 489 g/mol. The van der Waals surface area contributed by atoms with E-state index < -0.39 is 0 Å². The normalized spacial score (nSPS) is 11.6. The maximum atomic E-state index is 12.8. The first-order chi connectivity index (χ1) is 17.1. The quantitative estimate of drug-likeness (QED) is 0.290. The number of benzene rings is 3. The number of thioether (sulfide) groups is 1. The number of hydrogen-bond acceptors (Lipinski definition) is 6. The summed E-state index contributed by atoms with van der Waals surface area (Å²) >= 11 is 1.38. The topological polar surface area (TPSA) is 78.3 Å². The first-order valence-corrected chi connectivity index (χ1v) is 12.3. The van der Waals surface area contributed by atoms with Crippen LogP contribution in [0.25, 0.3) is 11.4 Å². The lowest BCUT2D eigenvalue weighted by Gasteiger charge is -2.13. The van der Waals surface area contributed by atoms with Gasteiger partial charge in [-0.25, -0.2) is 0 Å². The lowest BCUT2D eigenvalue weighted by atomic mass is 10.2. The van der Waals surface area contributed by atoms with Crippen molar-refractivity contribution in [3.63, 3.8) is 0 Å². The summed E-state index contributed by atoms with van der Waals surface area (Å²) < 4.78 is 13.1. The predicted octanol–water partition coefficient (Wildman–Crippen LogP) is 5.67. The van der Waals surface area contributed by atoms with Crippen LogP contribution in [-0.4, -0.2) is 33.0 Å². The number of carbonyl (C=O) groups excluding carboxylic acids is 1. The zero-order chi connectivity index (χ0) is 24.6. The Labute approximate surface area is 209 Å². The van der Waals surface area contributed by atoms with Gasteiger partial charge in [-0.15, -0.1) is 10.2 Å². The van der Waals surface area contributed by atoms with Gasteiger partial charge in [0.05, 0.1) is 12.4 Å². The fourth-order valence-corrected chi connectivity index (χ4v) is 4.36. The second-order valence-corrected chi connectivity index (χ2v) is 9.13. The van der Waals surface area contributed by atoms with Crippen molar-refractivity contribution in [1.29, 1.82) is 0 Å². The molecule has 0 radical (unpaired) electrons. The Bertz CT molecular complexity index is 1240. The Hall–Kier alpha value is -3.78. The van der Waals surface area contributed by atoms with Crippen LogP contribution in [0.5, 0.6) is 11.5 Å². The molecule has 0 saturated heterocycles. The molecule has 4 rings (SSSR count). The molecule has 7 nitrogen and oxygen atoms in total. The van der Waals surface area contributed by atoms with Gasteiger partial charge < -0.3 is 19.4 Å². The van der Waals surface area contributed by atoms with Crippen LogP contribution >= 0.6 is 11.8 Å². The highest BCUT2D eigenvalue weighted by atomic mass is 32.2. The van der Waals surface area contributed by atoms with Crippen molar-refractivity contribution >= 4 is 23.4 Å². The van der Waals surface area contributed by atoms with E-state index in [1.54, 1.807) is 7.11 Å². The van der Waals surface area contributed by atoms with E-state index in [2.05, 4.69) is 15.5 Å². The fourth-order valence-electron chi connectivity index (χ4n) is 3.45. The summed E-state index contributed by atoms with van der Waals surface area (Å²) in [6.07, 6.45) is 0. The van der Waals surface area contributed by atoms with Crippen LogP contribution in [0.2, 0.25) is 0 Å². The Morgan fingerprint density at radius 1 is 0.971 bits per heavy atom. The first kappa shape index (κ1) is 24.3. The number of hydrogen-bond donors (Lipinski definition) is 1. The van der Waals surface area contributed by atoms with Crippen LogP contribution in [0.15, 0.2) is 84.0 Å². The van der Waals surface area contributed by atoms with E-state index in [1.165, 1.54) is 11.8 Å². The Kier molecular flexibility index (Phi) is 8.05. The lowest BCUT2D eigenvalue weighted by Crippen LogP contribution is -2.22. The molecule has 3 aromatic carbocycles. The largest absolute Gasteiger partial charge is 0.497 e. The third kappa shape index (κ3) is 6.22. The number of methoxy groups -OCH3 is 1. The van der Waals surface area contributed by atoms with Crippen molar-refractivity contribution in [1.82, 2.24) is 14.8 Å². The summed E-state index contributed by atoms with van der Waals surface area (Å²) in [5, 5.41) is 12.0. The SMILES string of the molecule is CCn1c(SC(C)C(=O)Nc2ccc(OCc3ccccc3)cc2)nnc1-c1ccc(OC)cc1. The van der Waals surface area contributed by atoms with Gasteiger partial charge in [-0.3, -0.25) is 4.79 Å². The Balaban J connectivity index is 1.35. The molecule has 180 valence electrons. The van der Waals surface area contributed by atoms with E-state index in [0.29, 0.717) is 24.0 Å². The molecule has 1 aromatic heterocycles. The van der Waals surface area contributed by atoms with Crippen molar-refractivity contribution in [2.45, 2.75) is 37.4 Å². The number of anilines is 1. The highest BCUT2D eigenvalue weighted by molar-refractivity contribution is 8.00. The summed E-state index contributed by atoms with van der Waals surface area (Å²) in [4.78, 5) is 12.8. The number of aromatic nitrogens is 3. The molecule has 1 unspecified atom stereocenters. The van der Waals surface area contributed by atoms with E-state index >= 15 is 0 Å². The van der Waals surface area contributed by atoms with E-state index in [0.717, 1.165) is 28.5 Å². The molecule has 4 aromatic rings. The average Bonchev–Trinajstić information content (AvgIpc) is 3.31. The highest BCUT2D eigenvalue weighted by Crippen LogP contribution is 2.28. The number of amides is 1. The van der Waals surface area contributed by atoms with Crippen LogP contribution in [0, 0.1) is 0 Å².